The van der Waals surface area contributed by atoms with Crippen LogP contribution in [0, 0.1) is 24.7 Å². The molecule has 140 valence electrons. The van der Waals surface area contributed by atoms with E-state index in [1.54, 1.807) is 6.92 Å². The summed E-state index contributed by atoms with van der Waals surface area (Å²) in [6, 6.07) is 0. The van der Waals surface area contributed by atoms with Crippen molar-refractivity contribution in [1.29, 1.82) is 0 Å². The zero-order valence-electron chi connectivity index (χ0n) is 14.4. The van der Waals surface area contributed by atoms with Crippen molar-refractivity contribution in [2.24, 2.45) is 17.8 Å². The van der Waals surface area contributed by atoms with Crippen LogP contribution in [0.2, 0.25) is 10.0 Å². The van der Waals surface area contributed by atoms with Crippen molar-refractivity contribution in [3.05, 3.63) is 21.8 Å². The number of nitrogens with one attached hydrogen (secondary N) is 1. The van der Waals surface area contributed by atoms with Crippen molar-refractivity contribution in [1.82, 2.24) is 4.98 Å². The fourth-order valence-electron chi connectivity index (χ4n) is 3.74. The van der Waals surface area contributed by atoms with Crippen LogP contribution in [-0.2, 0) is 19.1 Å². The van der Waals surface area contributed by atoms with E-state index >= 15 is 0 Å². The number of carbonyl (C=O) groups is 3. The number of anilines is 1. The Hall–Kier alpha value is -1.66. The van der Waals surface area contributed by atoms with Crippen LogP contribution in [0.15, 0.2) is 6.20 Å². The minimum atomic E-state index is -0.526. The summed E-state index contributed by atoms with van der Waals surface area (Å²) in [5.41, 5.74) is 0.606. The molecule has 2 aliphatic rings. The fraction of sp³-hybridized carbons (Fsp3) is 0.556. The maximum atomic E-state index is 12.3. The lowest BCUT2D eigenvalue weighted by molar-refractivity contribution is -0.155. The molecule has 3 rings (SSSR count). The maximum absolute atomic E-state index is 12.3. The van der Waals surface area contributed by atoms with Crippen LogP contribution in [0.25, 0.3) is 0 Å². The standard InChI is InChI=1S/C18H20Cl2N2O4/c1-9-13(19)7-21-17(15(9)20)22-14(23)8-26-18(25)12-5-10-3-2-4-11(6-12)16(10)24/h7,10-12H,2-6,8H2,1H3,(H,21,22,23)/t10-,11-/m0/s1. The van der Waals surface area contributed by atoms with E-state index in [-0.39, 0.29) is 34.4 Å². The molecule has 1 aromatic rings. The third kappa shape index (κ3) is 4.01. The molecule has 0 aromatic carbocycles. The summed E-state index contributed by atoms with van der Waals surface area (Å²) < 4.78 is 5.15. The number of hydrogen-bond donors (Lipinski definition) is 1. The van der Waals surface area contributed by atoms with E-state index in [0.717, 1.165) is 19.3 Å². The molecule has 0 aliphatic heterocycles. The van der Waals surface area contributed by atoms with E-state index in [1.807, 2.05) is 0 Å². The first-order valence-corrected chi connectivity index (χ1v) is 9.43. The molecule has 2 bridgehead atoms. The summed E-state index contributed by atoms with van der Waals surface area (Å²) >= 11 is 12.0. The third-order valence-electron chi connectivity index (χ3n) is 5.19. The molecule has 26 heavy (non-hydrogen) atoms. The van der Waals surface area contributed by atoms with Crippen LogP contribution in [0.1, 0.15) is 37.7 Å². The van der Waals surface area contributed by atoms with E-state index in [9.17, 15) is 14.4 Å². The molecule has 2 aliphatic carbocycles. The molecule has 1 N–H and O–H groups in total. The molecular formula is C18H20Cl2N2O4. The van der Waals surface area contributed by atoms with Gasteiger partial charge in [0.15, 0.2) is 12.4 Å². The van der Waals surface area contributed by atoms with Crippen molar-refractivity contribution in [3.63, 3.8) is 0 Å². The van der Waals surface area contributed by atoms with Gasteiger partial charge in [-0.1, -0.05) is 29.6 Å². The maximum Gasteiger partial charge on any atom is 0.309 e. The third-order valence-corrected chi connectivity index (χ3v) is 6.03. The highest BCUT2D eigenvalue weighted by Gasteiger charge is 2.41. The van der Waals surface area contributed by atoms with Crippen molar-refractivity contribution >= 4 is 46.7 Å². The van der Waals surface area contributed by atoms with Gasteiger partial charge in [-0.25, -0.2) is 4.98 Å². The van der Waals surface area contributed by atoms with Crippen molar-refractivity contribution in [2.45, 2.75) is 39.0 Å². The van der Waals surface area contributed by atoms with Crippen LogP contribution in [-0.4, -0.2) is 29.3 Å². The van der Waals surface area contributed by atoms with Crippen LogP contribution in [0.5, 0.6) is 0 Å². The number of fused-ring (bicyclic) bond motifs is 2. The minimum Gasteiger partial charge on any atom is -0.455 e. The van der Waals surface area contributed by atoms with Gasteiger partial charge >= 0.3 is 5.97 Å². The molecule has 2 fully saturated rings. The molecule has 0 unspecified atom stereocenters. The second-order valence-electron chi connectivity index (χ2n) is 6.95. The number of amides is 1. The molecule has 1 heterocycles. The quantitative estimate of drug-likeness (QED) is 0.783. The van der Waals surface area contributed by atoms with Gasteiger partial charge in [0.1, 0.15) is 5.78 Å². The highest BCUT2D eigenvalue weighted by atomic mass is 35.5. The Morgan fingerprint density at radius 3 is 2.58 bits per heavy atom. The van der Waals surface area contributed by atoms with Crippen molar-refractivity contribution < 1.29 is 19.1 Å². The van der Waals surface area contributed by atoms with E-state index in [4.69, 9.17) is 27.9 Å². The molecule has 0 radical (unpaired) electrons. The summed E-state index contributed by atoms with van der Waals surface area (Å²) in [4.78, 5) is 40.4. The number of Topliss-reactive ketones (excluding diaryl/α,β-unsaturated/α-hetero) is 1. The minimum absolute atomic E-state index is 0.0334. The van der Waals surface area contributed by atoms with Crippen LogP contribution in [0.4, 0.5) is 5.82 Å². The van der Waals surface area contributed by atoms with Gasteiger partial charge in [0.2, 0.25) is 0 Å². The molecule has 8 heteroatoms. The Kier molecular flexibility index (Phi) is 5.82. The highest BCUT2D eigenvalue weighted by molar-refractivity contribution is 6.37. The number of halogens is 2. The normalized spacial score (nSPS) is 24.9. The van der Waals surface area contributed by atoms with E-state index in [0.29, 0.717) is 23.4 Å². The second kappa shape index (κ2) is 7.92. The number of ketones is 1. The first kappa shape index (κ1) is 19.1. The summed E-state index contributed by atoms with van der Waals surface area (Å²) in [5, 5.41) is 3.16. The van der Waals surface area contributed by atoms with E-state index in [1.165, 1.54) is 6.20 Å². The van der Waals surface area contributed by atoms with Gasteiger partial charge in [-0.15, -0.1) is 0 Å². The smallest absolute Gasteiger partial charge is 0.309 e. The summed E-state index contributed by atoms with van der Waals surface area (Å²) in [7, 11) is 0. The van der Waals surface area contributed by atoms with Crippen LogP contribution >= 0.6 is 23.2 Å². The SMILES string of the molecule is Cc1c(Cl)cnc(NC(=O)COC(=O)C2C[C@@H]3CCC[C@@H](C2)C3=O)c1Cl. The lowest BCUT2D eigenvalue weighted by Crippen LogP contribution is -2.40. The Balaban J connectivity index is 1.52. The Morgan fingerprint density at radius 1 is 1.27 bits per heavy atom. The van der Waals surface area contributed by atoms with Crippen molar-refractivity contribution in [3.8, 4) is 0 Å². The van der Waals surface area contributed by atoms with Crippen LogP contribution in [0.3, 0.4) is 0 Å². The number of ether oxygens (including phenoxy) is 1. The molecule has 0 spiro atoms. The van der Waals surface area contributed by atoms with E-state index < -0.39 is 18.5 Å². The van der Waals surface area contributed by atoms with Crippen molar-refractivity contribution in [2.75, 3.05) is 11.9 Å². The number of rotatable bonds is 4. The first-order chi connectivity index (χ1) is 12.4. The predicted octanol–water partition coefficient (Wildman–Crippen LogP) is 3.57. The van der Waals surface area contributed by atoms with Gasteiger partial charge < -0.3 is 10.1 Å². The van der Waals surface area contributed by atoms with Gasteiger partial charge in [-0.3, -0.25) is 14.4 Å². The summed E-state index contributed by atoms with van der Waals surface area (Å²) in [5.74, 6) is -0.861. The van der Waals surface area contributed by atoms with Gasteiger partial charge in [0.25, 0.3) is 5.91 Å². The Morgan fingerprint density at radius 2 is 1.92 bits per heavy atom. The summed E-state index contributed by atoms with van der Waals surface area (Å²) in [6.45, 7) is 1.29. The van der Waals surface area contributed by atoms with Gasteiger partial charge in [-0.05, 0) is 38.2 Å². The Labute approximate surface area is 161 Å². The highest BCUT2D eigenvalue weighted by Crippen LogP contribution is 2.40. The number of pyridine rings is 1. The molecule has 1 amide bonds. The monoisotopic (exact) mass is 398 g/mol. The molecule has 1 aromatic heterocycles. The molecule has 0 saturated heterocycles. The largest absolute Gasteiger partial charge is 0.455 e. The van der Waals surface area contributed by atoms with Gasteiger partial charge in [-0.2, -0.15) is 0 Å². The zero-order valence-corrected chi connectivity index (χ0v) is 15.9. The molecule has 6 nitrogen and oxygen atoms in total. The molecular weight excluding hydrogens is 379 g/mol. The predicted molar refractivity (Wildman–Crippen MR) is 97.1 cm³/mol. The van der Waals surface area contributed by atoms with E-state index in [2.05, 4.69) is 10.3 Å². The number of nitrogens with zero attached hydrogens (tertiary/aromatic N) is 1. The number of carbonyl (C=O) groups excluding carboxylic acids is 3. The average Bonchev–Trinajstić information content (AvgIpc) is 2.60. The molecule has 2 atom stereocenters. The lowest BCUT2D eigenvalue weighted by Gasteiger charge is -2.36. The fourth-order valence-corrected chi connectivity index (χ4v) is 4.13. The summed E-state index contributed by atoms with van der Waals surface area (Å²) in [6.07, 6.45) is 5.18. The van der Waals surface area contributed by atoms with Gasteiger partial charge in [0.05, 0.1) is 16.0 Å². The lowest BCUT2D eigenvalue weighted by atomic mass is 9.67. The zero-order chi connectivity index (χ0) is 18.8. The topological polar surface area (TPSA) is 85.4 Å². The first-order valence-electron chi connectivity index (χ1n) is 8.67. The molecule has 2 saturated carbocycles. The average molecular weight is 399 g/mol. The number of aromatic nitrogens is 1. The van der Waals surface area contributed by atoms with Gasteiger partial charge in [0, 0.05) is 18.0 Å². The second-order valence-corrected chi connectivity index (χ2v) is 7.73. The Bertz CT molecular complexity index is 737. The number of hydrogen-bond acceptors (Lipinski definition) is 5. The number of esters is 1. The van der Waals surface area contributed by atoms with Crippen LogP contribution < -0.4 is 5.32 Å².